The second kappa shape index (κ2) is 12.0. The Hall–Kier alpha value is -1.77. The van der Waals surface area contributed by atoms with Crippen LogP contribution in [-0.2, 0) is 12.0 Å². The molecule has 0 saturated heterocycles. The molecule has 1 aromatic heterocycles. The number of methoxy groups -OCH3 is 1. The van der Waals surface area contributed by atoms with Gasteiger partial charge in [0.2, 0.25) is 5.89 Å². The number of hydrogen-bond acceptors (Lipinski definition) is 4. The van der Waals surface area contributed by atoms with E-state index in [9.17, 15) is 0 Å². The minimum absolute atomic E-state index is 0. The van der Waals surface area contributed by atoms with E-state index < -0.39 is 0 Å². The van der Waals surface area contributed by atoms with Crippen LogP contribution in [0.3, 0.4) is 0 Å². The van der Waals surface area contributed by atoms with Crippen LogP contribution in [0.2, 0.25) is 0 Å². The predicted octanol–water partition coefficient (Wildman–Crippen LogP) is 4.85. The number of rotatable bonds is 8. The van der Waals surface area contributed by atoms with E-state index in [0.717, 1.165) is 37.0 Å². The summed E-state index contributed by atoms with van der Waals surface area (Å²) in [6.07, 6.45) is 2.80. The Bertz CT molecular complexity index is 751. The monoisotopic (exact) mass is 514 g/mol. The van der Waals surface area contributed by atoms with Crippen molar-refractivity contribution in [1.82, 2.24) is 15.6 Å². The minimum Gasteiger partial charge on any atom is -0.497 e. The molecule has 1 atom stereocenters. The lowest BCUT2D eigenvalue weighted by atomic mass is 9.94. The quantitative estimate of drug-likeness (QED) is 0.300. The van der Waals surface area contributed by atoms with Gasteiger partial charge in [-0.05, 0) is 37.0 Å². The van der Waals surface area contributed by atoms with Crippen molar-refractivity contribution in [3.63, 3.8) is 0 Å². The molecule has 0 aliphatic heterocycles. The van der Waals surface area contributed by atoms with Crippen molar-refractivity contribution in [2.75, 3.05) is 20.2 Å². The van der Waals surface area contributed by atoms with Crippen LogP contribution >= 0.6 is 24.0 Å². The maximum atomic E-state index is 5.81. The summed E-state index contributed by atoms with van der Waals surface area (Å²) in [6.45, 7) is 12.7. The van der Waals surface area contributed by atoms with Gasteiger partial charge in [-0.3, -0.25) is 0 Å². The summed E-state index contributed by atoms with van der Waals surface area (Å²) in [5, 5.41) is 6.67. The van der Waals surface area contributed by atoms with Gasteiger partial charge < -0.3 is 19.8 Å². The van der Waals surface area contributed by atoms with E-state index in [-0.39, 0.29) is 29.4 Å². The lowest BCUT2D eigenvalue weighted by Gasteiger charge is -2.15. The van der Waals surface area contributed by atoms with Crippen LogP contribution in [0.5, 0.6) is 5.75 Å². The van der Waals surface area contributed by atoms with Gasteiger partial charge in [-0.25, -0.2) is 9.98 Å². The smallest absolute Gasteiger partial charge is 0.216 e. The van der Waals surface area contributed by atoms with E-state index in [1.165, 1.54) is 5.56 Å². The maximum Gasteiger partial charge on any atom is 0.216 e. The van der Waals surface area contributed by atoms with Crippen LogP contribution in [-0.4, -0.2) is 31.1 Å². The van der Waals surface area contributed by atoms with E-state index in [1.54, 1.807) is 13.3 Å². The first-order valence-electron chi connectivity index (χ1n) is 9.94. The SMILES string of the molecule is CCNC(=NCc1ncc(C(C)(C)C)o1)NCCC(C)c1ccc(OC)cc1.I. The second-order valence-corrected chi connectivity index (χ2v) is 7.95. The third kappa shape index (κ3) is 8.24. The van der Waals surface area contributed by atoms with E-state index in [0.29, 0.717) is 18.4 Å². The first-order chi connectivity index (χ1) is 13.3. The Labute approximate surface area is 191 Å². The molecule has 1 heterocycles. The topological polar surface area (TPSA) is 71.7 Å². The van der Waals surface area contributed by atoms with Crippen LogP contribution in [0.25, 0.3) is 0 Å². The highest BCUT2D eigenvalue weighted by Crippen LogP contribution is 2.23. The average Bonchev–Trinajstić information content (AvgIpc) is 3.15. The molecule has 0 spiro atoms. The molecule has 7 heteroatoms. The Kier molecular flexibility index (Phi) is 10.5. The summed E-state index contributed by atoms with van der Waals surface area (Å²) in [7, 11) is 1.69. The third-order valence-electron chi connectivity index (χ3n) is 4.56. The maximum absolute atomic E-state index is 5.81. The standard InChI is InChI=1S/C22H34N4O2.HI/c1-7-23-21(26-15-20-25-14-19(28-20)22(3,4)5)24-13-12-16(2)17-8-10-18(27-6)11-9-17;/h8-11,14,16H,7,12-13,15H2,1-6H3,(H2,23,24,26);1H. The summed E-state index contributed by atoms with van der Waals surface area (Å²) in [5.74, 6) is 3.62. The largest absolute Gasteiger partial charge is 0.497 e. The van der Waals surface area contributed by atoms with Crippen LogP contribution in [0.1, 0.15) is 64.2 Å². The molecule has 0 saturated carbocycles. The van der Waals surface area contributed by atoms with Gasteiger partial charge in [-0.2, -0.15) is 0 Å². The van der Waals surface area contributed by atoms with Gasteiger partial charge in [-0.15, -0.1) is 24.0 Å². The second-order valence-electron chi connectivity index (χ2n) is 7.95. The molecule has 2 N–H and O–H groups in total. The number of benzene rings is 1. The van der Waals surface area contributed by atoms with Crippen molar-refractivity contribution in [3.05, 3.63) is 47.7 Å². The number of guanidine groups is 1. The highest BCUT2D eigenvalue weighted by atomic mass is 127. The molecule has 0 fully saturated rings. The third-order valence-corrected chi connectivity index (χ3v) is 4.56. The van der Waals surface area contributed by atoms with Crippen molar-refractivity contribution in [3.8, 4) is 5.75 Å². The van der Waals surface area contributed by atoms with Crippen LogP contribution in [0.4, 0.5) is 0 Å². The molecule has 6 nitrogen and oxygen atoms in total. The number of ether oxygens (including phenoxy) is 1. The lowest BCUT2D eigenvalue weighted by molar-refractivity contribution is 0.383. The molecule has 0 radical (unpaired) electrons. The first-order valence-corrected chi connectivity index (χ1v) is 9.94. The Morgan fingerprint density at radius 3 is 2.45 bits per heavy atom. The normalized spacial score (nSPS) is 12.8. The number of nitrogens with zero attached hydrogens (tertiary/aromatic N) is 2. The molecule has 1 aromatic carbocycles. The van der Waals surface area contributed by atoms with Gasteiger partial charge in [0.1, 0.15) is 18.1 Å². The summed E-state index contributed by atoms with van der Waals surface area (Å²) in [5.41, 5.74) is 1.26. The van der Waals surface area contributed by atoms with E-state index >= 15 is 0 Å². The minimum atomic E-state index is -0.0463. The highest BCUT2D eigenvalue weighted by Gasteiger charge is 2.19. The fourth-order valence-electron chi connectivity index (χ4n) is 2.72. The van der Waals surface area contributed by atoms with Gasteiger partial charge in [0.05, 0.1) is 13.3 Å². The number of aliphatic imine (C=N–C) groups is 1. The number of nitrogens with one attached hydrogen (secondary N) is 2. The number of hydrogen-bond donors (Lipinski definition) is 2. The van der Waals surface area contributed by atoms with Gasteiger partial charge in [0.15, 0.2) is 5.96 Å². The van der Waals surface area contributed by atoms with Crippen molar-refractivity contribution >= 4 is 29.9 Å². The average molecular weight is 514 g/mol. The predicted molar refractivity (Wildman–Crippen MR) is 129 cm³/mol. The molecule has 0 aliphatic rings. The van der Waals surface area contributed by atoms with Gasteiger partial charge >= 0.3 is 0 Å². The van der Waals surface area contributed by atoms with E-state index in [2.05, 4.69) is 67.4 Å². The molecule has 0 bridgehead atoms. The molecule has 162 valence electrons. The van der Waals surface area contributed by atoms with Gasteiger partial charge in [0, 0.05) is 18.5 Å². The molecule has 29 heavy (non-hydrogen) atoms. The van der Waals surface area contributed by atoms with Crippen molar-refractivity contribution in [2.45, 2.75) is 58.9 Å². The van der Waals surface area contributed by atoms with Gasteiger partial charge in [0.25, 0.3) is 0 Å². The van der Waals surface area contributed by atoms with E-state index in [1.807, 2.05) is 12.1 Å². The Morgan fingerprint density at radius 2 is 1.90 bits per heavy atom. The fraction of sp³-hybridized carbons (Fsp3) is 0.545. The molecule has 0 amide bonds. The number of aromatic nitrogens is 1. The van der Waals surface area contributed by atoms with Gasteiger partial charge in [-0.1, -0.05) is 39.8 Å². The highest BCUT2D eigenvalue weighted by molar-refractivity contribution is 14.0. The molecule has 0 aliphatic carbocycles. The first kappa shape index (κ1) is 25.3. The van der Waals surface area contributed by atoms with Crippen LogP contribution in [0, 0.1) is 0 Å². The van der Waals surface area contributed by atoms with Crippen LogP contribution < -0.4 is 15.4 Å². The molecule has 1 unspecified atom stereocenters. The van der Waals surface area contributed by atoms with Crippen LogP contribution in [0.15, 0.2) is 39.9 Å². The fourth-order valence-corrected chi connectivity index (χ4v) is 2.72. The lowest BCUT2D eigenvalue weighted by Crippen LogP contribution is -2.38. The summed E-state index contributed by atoms with van der Waals surface area (Å²) >= 11 is 0. The Morgan fingerprint density at radius 1 is 1.21 bits per heavy atom. The zero-order valence-corrected chi connectivity index (χ0v) is 20.7. The van der Waals surface area contributed by atoms with Crippen molar-refractivity contribution < 1.29 is 9.15 Å². The number of halogens is 1. The summed E-state index contributed by atoms with van der Waals surface area (Å²) < 4.78 is 11.0. The zero-order chi connectivity index (χ0) is 20.6. The van der Waals surface area contributed by atoms with Crippen molar-refractivity contribution in [1.29, 1.82) is 0 Å². The molecule has 2 rings (SSSR count). The summed E-state index contributed by atoms with van der Waals surface area (Å²) in [6, 6.07) is 8.26. The Balaban J connectivity index is 0.00000420. The molecular weight excluding hydrogens is 479 g/mol. The summed E-state index contributed by atoms with van der Waals surface area (Å²) in [4.78, 5) is 8.93. The van der Waals surface area contributed by atoms with Crippen molar-refractivity contribution in [2.24, 2.45) is 4.99 Å². The zero-order valence-electron chi connectivity index (χ0n) is 18.4. The molecule has 2 aromatic rings. The van der Waals surface area contributed by atoms with E-state index in [4.69, 9.17) is 9.15 Å². The molecular formula is C22H35IN4O2. The number of oxazole rings is 1.